The first-order valence-corrected chi connectivity index (χ1v) is 12.0. The zero-order valence-electron chi connectivity index (χ0n) is 18.8. The lowest BCUT2D eigenvalue weighted by molar-refractivity contribution is -0.617. The van der Waals surface area contributed by atoms with Crippen LogP contribution in [0.4, 0.5) is 0 Å². The van der Waals surface area contributed by atoms with Gasteiger partial charge < -0.3 is 10.4 Å². The number of pyridine rings is 1. The van der Waals surface area contributed by atoms with E-state index in [-0.39, 0.29) is 11.1 Å². The summed E-state index contributed by atoms with van der Waals surface area (Å²) in [6.07, 6.45) is 0. The predicted octanol–water partition coefficient (Wildman–Crippen LogP) is 3.37. The Morgan fingerprint density at radius 1 is 0.941 bits per heavy atom. The minimum absolute atomic E-state index is 0.223. The van der Waals surface area contributed by atoms with Gasteiger partial charge in [0.25, 0.3) is 16.0 Å². The number of carboxylic acid groups (broad SMARTS) is 1. The number of aromatic nitrogens is 1. The molecule has 8 nitrogen and oxygen atoms in total. The molecule has 0 aliphatic rings. The molecule has 4 aromatic rings. The number of carbonyl (C=O) groups excluding carboxylic acids is 1. The molecule has 1 heterocycles. The lowest BCUT2D eigenvalue weighted by Crippen LogP contribution is -2.31. The van der Waals surface area contributed by atoms with Crippen LogP contribution in [0.5, 0.6) is 0 Å². The summed E-state index contributed by atoms with van der Waals surface area (Å²) in [5, 5.41) is 13.4. The van der Waals surface area contributed by atoms with Crippen molar-refractivity contribution in [2.75, 3.05) is 5.88 Å². The molecular weight excluding hydrogens is 456 g/mol. The number of carboxylic acids is 1. The van der Waals surface area contributed by atoms with Crippen LogP contribution in [-0.2, 0) is 17.2 Å². The molecule has 0 fully saturated rings. The SMILES string of the molecule is Cc1c(C(=O)NCS(=O)(=O)O)ccc(-c2ccc3c(c2)c(C(=O)O)c2ccccc2[n+]3C)c1C. The van der Waals surface area contributed by atoms with Gasteiger partial charge in [0.1, 0.15) is 12.9 Å². The summed E-state index contributed by atoms with van der Waals surface area (Å²) in [5.74, 6) is -2.51. The van der Waals surface area contributed by atoms with Crippen LogP contribution in [-0.4, -0.2) is 35.8 Å². The van der Waals surface area contributed by atoms with Crippen molar-refractivity contribution >= 4 is 43.8 Å². The number of benzene rings is 3. The van der Waals surface area contributed by atoms with Crippen LogP contribution in [0.2, 0.25) is 0 Å². The zero-order chi connectivity index (χ0) is 24.8. The highest BCUT2D eigenvalue weighted by atomic mass is 32.2. The smallest absolute Gasteiger partial charge is 0.337 e. The number of amides is 1. The van der Waals surface area contributed by atoms with Crippen LogP contribution >= 0.6 is 0 Å². The number of nitrogens with one attached hydrogen (secondary N) is 1. The molecule has 1 aromatic heterocycles. The third-order valence-electron chi connectivity index (χ3n) is 6.13. The maximum atomic E-state index is 12.4. The average molecular weight is 480 g/mol. The summed E-state index contributed by atoms with van der Waals surface area (Å²) in [6.45, 7) is 3.59. The van der Waals surface area contributed by atoms with E-state index in [9.17, 15) is 23.1 Å². The number of para-hydroxylation sites is 1. The van der Waals surface area contributed by atoms with E-state index in [0.717, 1.165) is 27.7 Å². The predicted molar refractivity (Wildman–Crippen MR) is 128 cm³/mol. The average Bonchev–Trinajstić information content (AvgIpc) is 2.78. The molecule has 174 valence electrons. The minimum atomic E-state index is -4.33. The van der Waals surface area contributed by atoms with Gasteiger partial charge in [-0.25, -0.2) is 4.79 Å². The number of rotatable bonds is 5. The molecule has 3 aromatic carbocycles. The first-order valence-electron chi connectivity index (χ1n) is 10.4. The summed E-state index contributed by atoms with van der Waals surface area (Å²) in [4.78, 5) is 24.7. The minimum Gasteiger partial charge on any atom is -0.478 e. The number of nitrogens with zero attached hydrogens (tertiary/aromatic N) is 1. The molecule has 34 heavy (non-hydrogen) atoms. The summed E-state index contributed by atoms with van der Waals surface area (Å²) < 4.78 is 32.7. The fourth-order valence-corrected chi connectivity index (χ4v) is 4.62. The number of aromatic carboxylic acids is 1. The Balaban J connectivity index is 1.87. The summed E-state index contributed by atoms with van der Waals surface area (Å²) in [6, 6.07) is 16.3. The third-order valence-corrected chi connectivity index (χ3v) is 6.64. The Labute approximate surface area is 196 Å². The van der Waals surface area contributed by atoms with Gasteiger partial charge in [-0.3, -0.25) is 9.35 Å². The van der Waals surface area contributed by atoms with Crippen molar-refractivity contribution in [3.8, 4) is 11.1 Å². The number of hydrogen-bond donors (Lipinski definition) is 3. The lowest BCUT2D eigenvalue weighted by atomic mass is 9.91. The normalized spacial score (nSPS) is 11.6. The number of hydrogen-bond acceptors (Lipinski definition) is 4. The molecule has 0 unspecified atom stereocenters. The Hall–Kier alpha value is -3.82. The van der Waals surface area contributed by atoms with Gasteiger partial charge in [-0.15, -0.1) is 0 Å². The van der Waals surface area contributed by atoms with Crippen LogP contribution in [0.15, 0.2) is 54.6 Å². The molecule has 0 atom stereocenters. The van der Waals surface area contributed by atoms with Crippen LogP contribution in [0.25, 0.3) is 32.9 Å². The van der Waals surface area contributed by atoms with E-state index >= 15 is 0 Å². The van der Waals surface area contributed by atoms with Crippen LogP contribution < -0.4 is 9.88 Å². The van der Waals surface area contributed by atoms with Gasteiger partial charge in [0.2, 0.25) is 11.0 Å². The molecule has 0 aliphatic heterocycles. The van der Waals surface area contributed by atoms with Crippen LogP contribution in [0.3, 0.4) is 0 Å². The second kappa shape index (κ2) is 8.51. The molecule has 9 heteroatoms. The van der Waals surface area contributed by atoms with E-state index in [0.29, 0.717) is 16.3 Å². The highest BCUT2D eigenvalue weighted by molar-refractivity contribution is 7.85. The molecular formula is C25H23N2O6S+. The highest BCUT2D eigenvalue weighted by Crippen LogP contribution is 2.32. The summed E-state index contributed by atoms with van der Waals surface area (Å²) in [7, 11) is -2.44. The standard InChI is InChI=1S/C25H22N2O6S/c1-14-15(2)18(24(28)26-13-34(31,32)33)10-9-17(14)16-8-11-22-20(12-16)23(25(29)30)19-6-4-5-7-21(19)27(22)3/h4-12H,13H2,1-3H3,(H2-,26,28,29,30,31,32,33)/p+1. The Morgan fingerprint density at radius 2 is 1.62 bits per heavy atom. The van der Waals surface area contributed by atoms with Crippen molar-refractivity contribution in [3.05, 3.63) is 76.9 Å². The van der Waals surface area contributed by atoms with Crippen molar-refractivity contribution in [2.45, 2.75) is 13.8 Å². The Bertz CT molecular complexity index is 1610. The molecule has 0 aliphatic carbocycles. The van der Waals surface area contributed by atoms with Crippen LogP contribution in [0, 0.1) is 13.8 Å². The maximum absolute atomic E-state index is 12.4. The quantitative estimate of drug-likeness (QED) is 0.229. The van der Waals surface area contributed by atoms with E-state index in [1.807, 2.05) is 54.9 Å². The molecule has 0 spiro atoms. The first-order chi connectivity index (χ1) is 16.0. The van der Waals surface area contributed by atoms with Gasteiger partial charge in [0, 0.05) is 17.7 Å². The fraction of sp³-hybridized carbons (Fsp3) is 0.160. The van der Waals surface area contributed by atoms with E-state index in [1.165, 1.54) is 0 Å². The molecule has 0 saturated carbocycles. The molecule has 4 rings (SSSR count). The van der Waals surface area contributed by atoms with Gasteiger partial charge in [-0.2, -0.15) is 13.0 Å². The second-order valence-electron chi connectivity index (χ2n) is 8.13. The van der Waals surface area contributed by atoms with Crippen molar-refractivity contribution < 1.29 is 32.2 Å². The van der Waals surface area contributed by atoms with Crippen LogP contribution in [0.1, 0.15) is 31.8 Å². The van der Waals surface area contributed by atoms with Gasteiger partial charge in [0.05, 0.1) is 16.3 Å². The monoisotopic (exact) mass is 479 g/mol. The fourth-order valence-electron chi connectivity index (χ4n) is 4.31. The molecule has 0 radical (unpaired) electrons. The van der Waals surface area contributed by atoms with Crippen molar-refractivity contribution in [2.24, 2.45) is 7.05 Å². The summed E-state index contributed by atoms with van der Waals surface area (Å²) >= 11 is 0. The van der Waals surface area contributed by atoms with Gasteiger partial charge in [-0.05, 0) is 60.4 Å². The molecule has 3 N–H and O–H groups in total. The first kappa shape index (κ1) is 23.3. The van der Waals surface area contributed by atoms with E-state index < -0.39 is 27.9 Å². The van der Waals surface area contributed by atoms with Gasteiger partial charge >= 0.3 is 5.97 Å². The molecule has 1 amide bonds. The maximum Gasteiger partial charge on any atom is 0.337 e. The third kappa shape index (κ3) is 4.11. The van der Waals surface area contributed by atoms with Crippen molar-refractivity contribution in [3.63, 3.8) is 0 Å². The Morgan fingerprint density at radius 3 is 2.29 bits per heavy atom. The summed E-state index contributed by atoms with van der Waals surface area (Å²) in [5.41, 5.74) is 5.14. The van der Waals surface area contributed by atoms with Gasteiger partial charge in [0.15, 0.2) is 0 Å². The van der Waals surface area contributed by atoms with Gasteiger partial charge in [-0.1, -0.05) is 18.2 Å². The van der Waals surface area contributed by atoms with E-state index in [1.54, 1.807) is 25.1 Å². The lowest BCUT2D eigenvalue weighted by Gasteiger charge is -2.14. The second-order valence-corrected chi connectivity index (χ2v) is 9.58. The van der Waals surface area contributed by atoms with Crippen molar-refractivity contribution in [1.29, 1.82) is 0 Å². The van der Waals surface area contributed by atoms with E-state index in [4.69, 9.17) is 4.55 Å². The highest BCUT2D eigenvalue weighted by Gasteiger charge is 2.23. The number of fused-ring (bicyclic) bond motifs is 2. The molecule has 0 bridgehead atoms. The number of aryl methyl sites for hydroxylation is 1. The van der Waals surface area contributed by atoms with Crippen molar-refractivity contribution in [1.82, 2.24) is 5.32 Å². The number of carbonyl (C=O) groups is 2. The topological polar surface area (TPSA) is 125 Å². The largest absolute Gasteiger partial charge is 0.478 e. The molecule has 0 saturated heterocycles. The zero-order valence-corrected chi connectivity index (χ0v) is 19.6. The van der Waals surface area contributed by atoms with E-state index in [2.05, 4.69) is 5.32 Å². The Kier molecular flexibility index (Phi) is 5.84.